The highest BCUT2D eigenvalue weighted by molar-refractivity contribution is 5.79. The summed E-state index contributed by atoms with van der Waals surface area (Å²) in [5, 5.41) is 3.94. The number of benzene rings is 1. The standard InChI is InChI=1S/C20H19F2N5O2/c21-15-4-3-14(16(22)10-15)9-19(28)27-7-1-2-13(12-27)8-18-25-20(26-29-18)17-11-23-5-6-24-17/h3-6,10-11,13H,1-2,7-9,12H2/t13-/m1/s1. The van der Waals surface area contributed by atoms with E-state index in [9.17, 15) is 13.6 Å². The van der Waals surface area contributed by atoms with Gasteiger partial charge < -0.3 is 9.42 Å². The lowest BCUT2D eigenvalue weighted by atomic mass is 9.94. The summed E-state index contributed by atoms with van der Waals surface area (Å²) in [6.07, 6.45) is 6.91. The van der Waals surface area contributed by atoms with Crippen molar-refractivity contribution in [1.82, 2.24) is 25.0 Å². The molecule has 1 aliphatic heterocycles. The van der Waals surface area contributed by atoms with Crippen molar-refractivity contribution in [3.05, 3.63) is 59.9 Å². The smallest absolute Gasteiger partial charge is 0.227 e. The van der Waals surface area contributed by atoms with Gasteiger partial charge in [-0.3, -0.25) is 9.78 Å². The second-order valence-corrected chi connectivity index (χ2v) is 7.07. The Balaban J connectivity index is 1.37. The molecule has 4 rings (SSSR count). The molecule has 0 bridgehead atoms. The van der Waals surface area contributed by atoms with Gasteiger partial charge in [-0.2, -0.15) is 4.98 Å². The van der Waals surface area contributed by atoms with E-state index in [1.165, 1.54) is 6.07 Å². The van der Waals surface area contributed by atoms with Crippen LogP contribution in [0.2, 0.25) is 0 Å². The van der Waals surface area contributed by atoms with Crippen LogP contribution < -0.4 is 0 Å². The molecule has 0 spiro atoms. The third kappa shape index (κ3) is 4.61. The highest BCUT2D eigenvalue weighted by atomic mass is 19.1. The molecule has 3 aromatic rings. The number of carbonyl (C=O) groups is 1. The highest BCUT2D eigenvalue weighted by Crippen LogP contribution is 2.22. The minimum atomic E-state index is -0.700. The van der Waals surface area contributed by atoms with Crippen molar-refractivity contribution in [3.8, 4) is 11.5 Å². The quantitative estimate of drug-likeness (QED) is 0.656. The van der Waals surface area contributed by atoms with E-state index in [2.05, 4.69) is 20.1 Å². The molecule has 0 saturated carbocycles. The first-order valence-corrected chi connectivity index (χ1v) is 9.39. The van der Waals surface area contributed by atoms with E-state index >= 15 is 0 Å². The van der Waals surface area contributed by atoms with Crippen LogP contribution in [0, 0.1) is 17.6 Å². The molecule has 0 aliphatic carbocycles. The molecule has 7 nitrogen and oxygen atoms in total. The predicted molar refractivity (Wildman–Crippen MR) is 98.4 cm³/mol. The Kier molecular flexibility index (Phi) is 5.55. The van der Waals surface area contributed by atoms with Crippen molar-refractivity contribution < 1.29 is 18.1 Å². The molecule has 1 saturated heterocycles. The molecule has 9 heteroatoms. The topological polar surface area (TPSA) is 85.0 Å². The molecule has 1 aromatic carbocycles. The number of nitrogens with zero attached hydrogens (tertiary/aromatic N) is 5. The number of rotatable bonds is 5. The summed E-state index contributed by atoms with van der Waals surface area (Å²) in [6.45, 7) is 1.15. The number of hydrogen-bond acceptors (Lipinski definition) is 6. The fourth-order valence-electron chi connectivity index (χ4n) is 3.50. The monoisotopic (exact) mass is 399 g/mol. The molecule has 29 heavy (non-hydrogen) atoms. The Bertz CT molecular complexity index is 996. The van der Waals surface area contributed by atoms with Gasteiger partial charge in [-0.05, 0) is 30.4 Å². The maximum absolute atomic E-state index is 13.8. The third-order valence-corrected chi connectivity index (χ3v) is 4.95. The molecule has 2 aromatic heterocycles. The fourth-order valence-corrected chi connectivity index (χ4v) is 3.50. The van der Waals surface area contributed by atoms with E-state index in [1.807, 2.05) is 0 Å². The SMILES string of the molecule is O=C(Cc1ccc(F)cc1F)N1CCC[C@H](Cc2nc(-c3cnccn3)no2)C1. The van der Waals surface area contributed by atoms with Crippen LogP contribution in [-0.4, -0.2) is 44.0 Å². The van der Waals surface area contributed by atoms with Crippen molar-refractivity contribution in [3.63, 3.8) is 0 Å². The second-order valence-electron chi connectivity index (χ2n) is 7.07. The Morgan fingerprint density at radius 2 is 2.17 bits per heavy atom. The van der Waals surface area contributed by atoms with E-state index in [-0.39, 0.29) is 23.8 Å². The first kappa shape index (κ1) is 19.1. The molecular weight excluding hydrogens is 380 g/mol. The maximum atomic E-state index is 13.8. The van der Waals surface area contributed by atoms with Crippen molar-refractivity contribution in [2.45, 2.75) is 25.7 Å². The third-order valence-electron chi connectivity index (χ3n) is 4.95. The van der Waals surface area contributed by atoms with E-state index in [4.69, 9.17) is 4.52 Å². The summed E-state index contributed by atoms with van der Waals surface area (Å²) in [5.41, 5.74) is 0.730. The van der Waals surface area contributed by atoms with Crippen molar-refractivity contribution in [1.29, 1.82) is 0 Å². The lowest BCUT2D eigenvalue weighted by Gasteiger charge is -2.32. The predicted octanol–water partition coefficient (Wildman–Crippen LogP) is 2.83. The summed E-state index contributed by atoms with van der Waals surface area (Å²) >= 11 is 0. The molecule has 1 fully saturated rings. The Morgan fingerprint density at radius 1 is 1.28 bits per heavy atom. The number of amides is 1. The van der Waals surface area contributed by atoms with Crippen LogP contribution in [0.15, 0.2) is 41.3 Å². The average molecular weight is 399 g/mol. The van der Waals surface area contributed by atoms with Crippen LogP contribution in [0.1, 0.15) is 24.3 Å². The zero-order valence-corrected chi connectivity index (χ0v) is 15.6. The molecule has 0 unspecified atom stereocenters. The lowest BCUT2D eigenvalue weighted by molar-refractivity contribution is -0.132. The summed E-state index contributed by atoms with van der Waals surface area (Å²) in [4.78, 5) is 26.8. The van der Waals surface area contributed by atoms with Gasteiger partial charge in [-0.1, -0.05) is 11.2 Å². The average Bonchev–Trinajstić information content (AvgIpc) is 3.19. The number of likely N-dealkylation sites (tertiary alicyclic amines) is 1. The second kappa shape index (κ2) is 8.42. The van der Waals surface area contributed by atoms with Crippen LogP contribution in [0.3, 0.4) is 0 Å². The van der Waals surface area contributed by atoms with Crippen LogP contribution in [0.4, 0.5) is 8.78 Å². The van der Waals surface area contributed by atoms with Crippen LogP contribution in [0.25, 0.3) is 11.5 Å². The van der Waals surface area contributed by atoms with Gasteiger partial charge in [0.15, 0.2) is 0 Å². The number of hydrogen-bond donors (Lipinski definition) is 0. The van der Waals surface area contributed by atoms with Gasteiger partial charge in [0.25, 0.3) is 0 Å². The minimum Gasteiger partial charge on any atom is -0.342 e. The lowest BCUT2D eigenvalue weighted by Crippen LogP contribution is -2.41. The van der Waals surface area contributed by atoms with Crippen molar-refractivity contribution in [2.75, 3.05) is 13.1 Å². The van der Waals surface area contributed by atoms with Gasteiger partial charge in [0.05, 0.1) is 12.6 Å². The molecule has 1 amide bonds. The van der Waals surface area contributed by atoms with Gasteiger partial charge in [0.2, 0.25) is 17.6 Å². The van der Waals surface area contributed by atoms with Gasteiger partial charge in [-0.25, -0.2) is 13.8 Å². The zero-order valence-electron chi connectivity index (χ0n) is 15.6. The van der Waals surface area contributed by atoms with E-state index < -0.39 is 11.6 Å². The largest absolute Gasteiger partial charge is 0.342 e. The molecule has 3 heterocycles. The molecule has 1 aliphatic rings. The fraction of sp³-hybridized carbons (Fsp3) is 0.350. The Hall–Kier alpha value is -3.23. The molecule has 0 radical (unpaired) electrons. The maximum Gasteiger partial charge on any atom is 0.227 e. The molecular formula is C20H19F2N5O2. The molecule has 0 N–H and O–H groups in total. The summed E-state index contributed by atoms with van der Waals surface area (Å²) in [5.74, 6) is -0.503. The van der Waals surface area contributed by atoms with E-state index in [0.717, 1.165) is 25.0 Å². The Labute approximate surface area is 165 Å². The first-order chi connectivity index (χ1) is 14.1. The number of piperidine rings is 1. The van der Waals surface area contributed by atoms with E-state index in [1.54, 1.807) is 23.5 Å². The summed E-state index contributed by atoms with van der Waals surface area (Å²) in [7, 11) is 0. The minimum absolute atomic E-state index is 0.0871. The molecule has 150 valence electrons. The Morgan fingerprint density at radius 3 is 2.97 bits per heavy atom. The number of carbonyl (C=O) groups excluding carboxylic acids is 1. The normalized spacial score (nSPS) is 16.8. The van der Waals surface area contributed by atoms with Crippen molar-refractivity contribution in [2.24, 2.45) is 5.92 Å². The van der Waals surface area contributed by atoms with Gasteiger partial charge >= 0.3 is 0 Å². The highest BCUT2D eigenvalue weighted by Gasteiger charge is 2.26. The van der Waals surface area contributed by atoms with Crippen LogP contribution in [-0.2, 0) is 17.6 Å². The first-order valence-electron chi connectivity index (χ1n) is 9.39. The van der Waals surface area contributed by atoms with Gasteiger partial charge in [0, 0.05) is 38.0 Å². The van der Waals surface area contributed by atoms with Crippen LogP contribution in [0.5, 0.6) is 0 Å². The summed E-state index contributed by atoms with van der Waals surface area (Å²) < 4.78 is 32.2. The number of halogens is 2. The van der Waals surface area contributed by atoms with Gasteiger partial charge in [-0.15, -0.1) is 0 Å². The van der Waals surface area contributed by atoms with E-state index in [0.29, 0.717) is 36.9 Å². The number of aromatic nitrogens is 4. The van der Waals surface area contributed by atoms with Gasteiger partial charge in [0.1, 0.15) is 17.3 Å². The summed E-state index contributed by atoms with van der Waals surface area (Å²) in [6, 6.07) is 3.28. The zero-order chi connectivity index (χ0) is 20.2. The van der Waals surface area contributed by atoms with Crippen molar-refractivity contribution >= 4 is 5.91 Å². The molecule has 1 atom stereocenters. The van der Waals surface area contributed by atoms with Crippen LogP contribution >= 0.6 is 0 Å².